The molecule has 0 bridgehead atoms. The summed E-state index contributed by atoms with van der Waals surface area (Å²) in [5.74, 6) is 1.57. The zero-order valence-electron chi connectivity index (χ0n) is 25.6. The minimum absolute atomic E-state index is 0.777. The molecule has 0 aliphatic rings. The monoisotopic (exact) mass is 593 g/mol. The molecule has 0 saturated heterocycles. The SMILES string of the molecule is C(/C=C/c1ccc(N(c2ccc(/C=C/C=C/c3ccccc3)cc2)c2ccccc2Oc2ccccc2)cc1)=C\c1ccccc1. The Morgan fingerprint density at radius 1 is 0.348 bits per heavy atom. The molecule has 2 heteroatoms. The van der Waals surface area contributed by atoms with Gasteiger partial charge < -0.3 is 9.64 Å². The maximum absolute atomic E-state index is 6.41. The third-order valence-corrected chi connectivity index (χ3v) is 7.36. The minimum atomic E-state index is 0.777. The first-order valence-electron chi connectivity index (χ1n) is 15.4. The summed E-state index contributed by atoms with van der Waals surface area (Å²) in [5, 5.41) is 0. The van der Waals surface area contributed by atoms with Crippen molar-refractivity contribution in [3.8, 4) is 11.5 Å². The maximum Gasteiger partial charge on any atom is 0.151 e. The van der Waals surface area contributed by atoms with Crippen molar-refractivity contribution in [1.82, 2.24) is 0 Å². The molecule has 6 aromatic rings. The van der Waals surface area contributed by atoms with Gasteiger partial charge >= 0.3 is 0 Å². The Morgan fingerprint density at radius 2 is 0.717 bits per heavy atom. The molecule has 6 rings (SSSR count). The molecule has 0 unspecified atom stereocenters. The molecule has 0 spiro atoms. The molecular formula is C44H35NO. The predicted octanol–water partition coefficient (Wildman–Crippen LogP) is 12.4. The van der Waals surface area contributed by atoms with Gasteiger partial charge in [0.15, 0.2) is 5.75 Å². The van der Waals surface area contributed by atoms with Crippen LogP contribution in [0, 0.1) is 0 Å². The first kappa shape index (κ1) is 29.9. The Hall–Kier alpha value is -6.12. The van der Waals surface area contributed by atoms with E-state index >= 15 is 0 Å². The van der Waals surface area contributed by atoms with Crippen molar-refractivity contribution in [3.63, 3.8) is 0 Å². The molecule has 0 fully saturated rings. The second-order valence-electron chi connectivity index (χ2n) is 10.7. The Morgan fingerprint density at radius 3 is 1.17 bits per heavy atom. The highest BCUT2D eigenvalue weighted by Gasteiger charge is 2.17. The van der Waals surface area contributed by atoms with Gasteiger partial charge in [0.25, 0.3) is 0 Å². The summed E-state index contributed by atoms with van der Waals surface area (Å²) in [5.41, 5.74) is 7.64. The van der Waals surface area contributed by atoms with Crippen molar-refractivity contribution in [1.29, 1.82) is 0 Å². The number of anilines is 3. The van der Waals surface area contributed by atoms with E-state index in [1.54, 1.807) is 0 Å². The van der Waals surface area contributed by atoms with Gasteiger partial charge in [0.05, 0.1) is 5.69 Å². The van der Waals surface area contributed by atoms with Crippen LogP contribution in [0.2, 0.25) is 0 Å². The summed E-state index contributed by atoms with van der Waals surface area (Å²) in [4.78, 5) is 2.24. The molecule has 0 amide bonds. The quantitative estimate of drug-likeness (QED) is 0.139. The van der Waals surface area contributed by atoms with Crippen LogP contribution in [0.15, 0.2) is 188 Å². The van der Waals surface area contributed by atoms with Crippen molar-refractivity contribution >= 4 is 41.4 Å². The van der Waals surface area contributed by atoms with Crippen LogP contribution in [-0.2, 0) is 0 Å². The van der Waals surface area contributed by atoms with Gasteiger partial charge in [0, 0.05) is 11.4 Å². The third kappa shape index (κ3) is 8.28. The molecule has 0 aromatic heterocycles. The van der Waals surface area contributed by atoms with Crippen LogP contribution in [0.4, 0.5) is 17.1 Å². The molecule has 0 aliphatic heterocycles. The number of hydrogen-bond donors (Lipinski definition) is 0. The van der Waals surface area contributed by atoms with Crippen LogP contribution < -0.4 is 9.64 Å². The summed E-state index contributed by atoms with van der Waals surface area (Å²) in [7, 11) is 0. The molecule has 6 aromatic carbocycles. The first-order chi connectivity index (χ1) is 22.8. The summed E-state index contributed by atoms with van der Waals surface area (Å²) in [6.07, 6.45) is 16.7. The standard InChI is InChI=1S/C44H35NO/c1-4-16-36(17-5-1)20-10-12-22-38-28-32-40(33-29-38)45(43-26-14-15-27-44(43)46-42-24-8-3-9-25-42)41-34-30-39(31-35-41)23-13-11-21-37-18-6-2-7-19-37/h1-35H/b20-10+,21-11+,22-12+,23-13+. The number of hydrogen-bond acceptors (Lipinski definition) is 2. The molecule has 222 valence electrons. The fourth-order valence-electron chi connectivity index (χ4n) is 5.03. The van der Waals surface area contributed by atoms with Crippen molar-refractivity contribution in [3.05, 3.63) is 210 Å². The number of nitrogens with zero attached hydrogens (tertiary/aromatic N) is 1. The van der Waals surface area contributed by atoms with Gasteiger partial charge in [-0.25, -0.2) is 0 Å². The summed E-state index contributed by atoms with van der Waals surface area (Å²) >= 11 is 0. The van der Waals surface area contributed by atoms with Crippen LogP contribution in [0.25, 0.3) is 24.3 Å². The van der Waals surface area contributed by atoms with Crippen LogP contribution in [-0.4, -0.2) is 0 Å². The Kier molecular flexibility index (Phi) is 10.1. The Bertz CT molecular complexity index is 1820. The maximum atomic E-state index is 6.41. The van der Waals surface area contributed by atoms with Gasteiger partial charge in [-0.1, -0.05) is 164 Å². The highest BCUT2D eigenvalue weighted by atomic mass is 16.5. The topological polar surface area (TPSA) is 12.5 Å². The number of benzene rings is 6. The van der Waals surface area contributed by atoms with E-state index in [2.05, 4.69) is 132 Å². The molecular weight excluding hydrogens is 558 g/mol. The smallest absolute Gasteiger partial charge is 0.151 e. The average Bonchev–Trinajstić information content (AvgIpc) is 3.12. The van der Waals surface area contributed by atoms with E-state index in [1.165, 1.54) is 11.1 Å². The van der Waals surface area contributed by atoms with Gasteiger partial charge in [0.2, 0.25) is 0 Å². The van der Waals surface area contributed by atoms with Crippen molar-refractivity contribution in [2.24, 2.45) is 0 Å². The normalized spacial score (nSPS) is 11.6. The first-order valence-corrected chi connectivity index (χ1v) is 15.4. The van der Waals surface area contributed by atoms with E-state index in [0.717, 1.165) is 39.7 Å². The van der Waals surface area contributed by atoms with Crippen molar-refractivity contribution in [2.75, 3.05) is 4.90 Å². The third-order valence-electron chi connectivity index (χ3n) is 7.36. The van der Waals surface area contributed by atoms with Gasteiger partial charge in [-0.2, -0.15) is 0 Å². The van der Waals surface area contributed by atoms with Crippen LogP contribution in [0.3, 0.4) is 0 Å². The summed E-state index contributed by atoms with van der Waals surface area (Å²) < 4.78 is 6.41. The highest BCUT2D eigenvalue weighted by molar-refractivity contribution is 5.81. The molecule has 0 saturated carbocycles. The van der Waals surface area contributed by atoms with E-state index < -0.39 is 0 Å². The van der Waals surface area contributed by atoms with Gasteiger partial charge in [-0.05, 0) is 70.8 Å². The van der Waals surface area contributed by atoms with E-state index in [4.69, 9.17) is 4.74 Å². The summed E-state index contributed by atoms with van der Waals surface area (Å²) in [6, 6.07) is 55.9. The van der Waals surface area contributed by atoms with Crippen LogP contribution in [0.1, 0.15) is 22.3 Å². The second-order valence-corrected chi connectivity index (χ2v) is 10.7. The van der Waals surface area contributed by atoms with Gasteiger partial charge in [0.1, 0.15) is 5.75 Å². The largest absolute Gasteiger partial charge is 0.455 e. The zero-order valence-corrected chi connectivity index (χ0v) is 25.6. The van der Waals surface area contributed by atoms with Crippen LogP contribution >= 0.6 is 0 Å². The van der Waals surface area contributed by atoms with E-state index in [1.807, 2.05) is 84.9 Å². The molecule has 0 aliphatic carbocycles. The molecule has 0 N–H and O–H groups in total. The molecule has 2 nitrogen and oxygen atoms in total. The Labute approximate surface area is 272 Å². The molecule has 46 heavy (non-hydrogen) atoms. The number of allylic oxidation sites excluding steroid dienone is 4. The average molecular weight is 594 g/mol. The minimum Gasteiger partial charge on any atom is -0.455 e. The van der Waals surface area contributed by atoms with Crippen LogP contribution in [0.5, 0.6) is 11.5 Å². The lowest BCUT2D eigenvalue weighted by atomic mass is 10.1. The van der Waals surface area contributed by atoms with Crippen molar-refractivity contribution < 1.29 is 4.74 Å². The fourth-order valence-corrected chi connectivity index (χ4v) is 5.03. The molecule has 0 atom stereocenters. The number of rotatable bonds is 11. The lowest BCUT2D eigenvalue weighted by molar-refractivity contribution is 0.484. The van der Waals surface area contributed by atoms with Gasteiger partial charge in [-0.3, -0.25) is 0 Å². The van der Waals surface area contributed by atoms with E-state index in [9.17, 15) is 0 Å². The lowest BCUT2D eigenvalue weighted by Gasteiger charge is -2.27. The number of ether oxygens (including phenoxy) is 1. The van der Waals surface area contributed by atoms with E-state index in [0.29, 0.717) is 0 Å². The van der Waals surface area contributed by atoms with Crippen molar-refractivity contribution in [2.45, 2.75) is 0 Å². The molecule has 0 radical (unpaired) electrons. The Balaban J connectivity index is 1.27. The second kappa shape index (κ2) is 15.6. The predicted molar refractivity (Wildman–Crippen MR) is 197 cm³/mol. The number of para-hydroxylation sites is 3. The van der Waals surface area contributed by atoms with Gasteiger partial charge in [-0.15, -0.1) is 0 Å². The fraction of sp³-hybridized carbons (Fsp3) is 0. The molecule has 0 heterocycles. The highest BCUT2D eigenvalue weighted by Crippen LogP contribution is 2.41. The zero-order chi connectivity index (χ0) is 31.2. The summed E-state index contributed by atoms with van der Waals surface area (Å²) in [6.45, 7) is 0. The van der Waals surface area contributed by atoms with E-state index in [-0.39, 0.29) is 0 Å². The lowest BCUT2D eigenvalue weighted by Crippen LogP contribution is -2.11.